The van der Waals surface area contributed by atoms with E-state index < -0.39 is 232 Å². The maximum atomic E-state index is 14.4. The van der Waals surface area contributed by atoms with Crippen molar-refractivity contribution in [2.24, 2.45) is 33.5 Å². The minimum absolute atomic E-state index is 0.0574. The first-order valence-corrected chi connectivity index (χ1v) is 39.7. The maximum Gasteiger partial charge on any atom is 0.408 e. The van der Waals surface area contributed by atoms with Gasteiger partial charge in [-0.1, -0.05) is 84.5 Å². The third-order valence-electron chi connectivity index (χ3n) is 26.1. The van der Waals surface area contributed by atoms with Crippen molar-refractivity contribution in [1.29, 1.82) is 0 Å². The number of β-amino-alcohol motifs (C(OH)–C–C–N with tert-alkyl or cyclic N) is 1. The van der Waals surface area contributed by atoms with Crippen LogP contribution in [0.4, 0.5) is 18.4 Å². The monoisotopic (exact) mass is 1630 g/mol. The molecule has 13 rings (SSSR count). The number of carbonyl (C=O) groups is 8. The molecule has 4 saturated carbocycles. The van der Waals surface area contributed by atoms with Crippen LogP contribution in [-0.4, -0.2) is 262 Å². The highest BCUT2D eigenvalue weighted by atomic mass is 19.1. The van der Waals surface area contributed by atoms with E-state index in [1.54, 1.807) is 144 Å². The van der Waals surface area contributed by atoms with E-state index >= 15 is 0 Å². The molecular formula is C84H113F2N3O27. The van der Waals surface area contributed by atoms with E-state index in [1.165, 1.54) is 19.9 Å². The number of alkyl halides is 2. The van der Waals surface area contributed by atoms with Gasteiger partial charge >= 0.3 is 48.0 Å². The molecular weight excluding hydrogens is 1520 g/mol. The number of benzene rings is 2. The van der Waals surface area contributed by atoms with Gasteiger partial charge in [0.15, 0.2) is 36.0 Å². The van der Waals surface area contributed by atoms with Crippen LogP contribution in [0.2, 0.25) is 0 Å². The molecule has 5 aliphatic heterocycles. The lowest BCUT2D eigenvalue weighted by atomic mass is 9.45. The van der Waals surface area contributed by atoms with Crippen LogP contribution >= 0.6 is 0 Å². The van der Waals surface area contributed by atoms with E-state index in [0.717, 1.165) is 0 Å². The van der Waals surface area contributed by atoms with Crippen LogP contribution in [0.5, 0.6) is 0 Å². The first-order valence-electron chi connectivity index (χ1n) is 39.7. The second-order valence-corrected chi connectivity index (χ2v) is 36.5. The predicted molar refractivity (Wildman–Crippen MR) is 403 cm³/mol. The van der Waals surface area contributed by atoms with E-state index in [9.17, 15) is 72.7 Å². The van der Waals surface area contributed by atoms with Gasteiger partial charge in [0.1, 0.15) is 84.6 Å². The summed E-state index contributed by atoms with van der Waals surface area (Å²) in [5.41, 5.74) is -11.3. The van der Waals surface area contributed by atoms with E-state index in [2.05, 4.69) is 17.2 Å². The third-order valence-corrected chi connectivity index (χ3v) is 26.1. The van der Waals surface area contributed by atoms with Crippen molar-refractivity contribution < 1.29 is 139 Å². The lowest BCUT2D eigenvalue weighted by molar-refractivity contribution is -0.345. The molecule has 30 nitrogen and oxygen atoms in total. The number of ether oxygens (including phenoxy) is 14. The Morgan fingerprint density at radius 2 is 0.983 bits per heavy atom. The molecule has 0 unspecified atom stereocenters. The van der Waals surface area contributed by atoms with Crippen LogP contribution in [-0.2, 0) is 85.5 Å². The number of amides is 2. The molecule has 0 radical (unpaired) electrons. The van der Waals surface area contributed by atoms with E-state index in [4.69, 9.17) is 66.3 Å². The largest absolute Gasteiger partial charge is 0.456 e. The van der Waals surface area contributed by atoms with Gasteiger partial charge in [-0.05, 0) is 134 Å². The molecule has 116 heavy (non-hydrogen) atoms. The molecule has 24 atom stereocenters. The van der Waals surface area contributed by atoms with Gasteiger partial charge in [0.25, 0.3) is 0 Å². The quantitative estimate of drug-likeness (QED) is 0.0423. The fraction of sp³-hybridized carbons (Fsp3) is 0.690. The number of aliphatic hydroxyl groups excluding tert-OH is 3. The van der Waals surface area contributed by atoms with Crippen LogP contribution < -0.4 is 10.6 Å². The first-order chi connectivity index (χ1) is 54.2. The van der Waals surface area contributed by atoms with Crippen molar-refractivity contribution in [2.75, 3.05) is 46.2 Å². The summed E-state index contributed by atoms with van der Waals surface area (Å²) in [6, 6.07) is 13.0. The van der Waals surface area contributed by atoms with Gasteiger partial charge < -0.3 is 102 Å². The summed E-state index contributed by atoms with van der Waals surface area (Å²) in [7, 11) is 0. The van der Waals surface area contributed by atoms with Crippen molar-refractivity contribution in [3.05, 3.63) is 107 Å². The smallest absolute Gasteiger partial charge is 0.408 e. The molecule has 4 bridgehead atoms. The third kappa shape index (κ3) is 15.7. The minimum Gasteiger partial charge on any atom is -0.456 e. The zero-order valence-electron chi connectivity index (χ0n) is 68.6. The van der Waals surface area contributed by atoms with Crippen LogP contribution in [0.3, 0.4) is 0 Å². The molecule has 7 N–H and O–H groups in total. The maximum absolute atomic E-state index is 14.4. The molecule has 2 amide bonds. The lowest BCUT2D eigenvalue weighted by Crippen LogP contribution is -2.79. The second kappa shape index (κ2) is 32.2. The Balaban J connectivity index is 0.000000214. The van der Waals surface area contributed by atoms with Crippen molar-refractivity contribution in [3.63, 3.8) is 0 Å². The van der Waals surface area contributed by atoms with E-state index in [1.807, 2.05) is 18.7 Å². The predicted octanol–water partition coefficient (Wildman–Crippen LogP) is 6.99. The summed E-state index contributed by atoms with van der Waals surface area (Å²) in [4.78, 5) is 109. The topological polar surface area (TPSA) is 394 Å². The summed E-state index contributed by atoms with van der Waals surface area (Å²) in [6.45, 7) is 28.8. The van der Waals surface area contributed by atoms with E-state index in [-0.39, 0.29) is 37.2 Å². The summed E-state index contributed by atoms with van der Waals surface area (Å²) < 4.78 is 116. The number of aliphatic hydroxyl groups is 5. The zero-order chi connectivity index (χ0) is 84.9. The molecule has 32 heteroatoms. The van der Waals surface area contributed by atoms with Crippen LogP contribution in [0.15, 0.2) is 95.6 Å². The van der Waals surface area contributed by atoms with Gasteiger partial charge in [-0.25, -0.2) is 37.5 Å². The van der Waals surface area contributed by atoms with Gasteiger partial charge in [-0.3, -0.25) is 14.5 Å². The number of esters is 6. The number of fused-ring (bicyclic) bond motifs is 16. The first kappa shape index (κ1) is 87.7. The summed E-state index contributed by atoms with van der Waals surface area (Å²) in [5, 5.41) is 64.0. The Morgan fingerprint density at radius 3 is 1.33 bits per heavy atom. The van der Waals surface area contributed by atoms with Gasteiger partial charge in [-0.2, -0.15) is 0 Å². The number of nitrogens with one attached hydrogen (secondary N) is 2. The highest BCUT2D eigenvalue weighted by Crippen LogP contribution is 2.69. The molecule has 5 heterocycles. The molecule has 5 saturated heterocycles. The average Bonchev–Trinajstić information content (AvgIpc) is 1.16. The number of alkyl carbamates (subject to hydrolysis) is 2. The summed E-state index contributed by atoms with van der Waals surface area (Å²) >= 11 is 0. The number of rotatable bonds is 19. The highest BCUT2D eigenvalue weighted by Gasteiger charge is 2.80. The van der Waals surface area contributed by atoms with Crippen molar-refractivity contribution >= 4 is 48.0 Å². The Kier molecular flexibility index (Phi) is 24.3. The standard InChI is InChI=1S/C43H59FN2O14.C41H54FNO13/c1-22-27(55-37(51)31(49)26(17-44)45-38(52)60-39(3,4)5)16-43(53)35(58-36(50)24-12-10-9-11-13-24)33-41(8,15-14-28-42(33,21-54-28)59-23(2)47)34-32(30(22)40(43,6)7)56-29(57-34)20-46-18-25(48)19-46;1-10-27-52-30-28-21(2)25(51-35(47)29(45)24(19-42)43-36(48)56-37(4,5)6)18-41(49,38(28,7)8)33(54-34(46)23-14-12-11-13-15-23)31-39(9,32(30)53-27)17-16-26-40(31,20-50-26)55-22(3)44/h9-13,25-29,31-35,48-49,53H,14-21H2,1-8H3,(H,45,52);10-15,24-27,29-33,45,49H,1,16-20H2,2-9H3,(H,43,48)/t26-,27-,28+,29+,31+,32+,33-,34+,35-,41+,42-,43+;24-,25-,26+,27+,29+,30+,31-,32+,33-,39+,40-,41+/m00/s1. The Hall–Kier alpha value is -7.60. The minimum atomic E-state index is -2.20. The molecule has 0 spiro atoms. The molecule has 0 aromatic heterocycles. The Labute approximate surface area is 673 Å². The molecule has 6 aliphatic carbocycles. The number of halogens is 2. The van der Waals surface area contributed by atoms with Crippen molar-refractivity contribution in [2.45, 2.75) is 287 Å². The Morgan fingerprint density at radius 1 is 0.595 bits per heavy atom. The molecule has 9 fully saturated rings. The summed E-state index contributed by atoms with van der Waals surface area (Å²) in [5.74, 6) is -7.28. The zero-order valence-corrected chi connectivity index (χ0v) is 68.6. The van der Waals surface area contributed by atoms with Crippen molar-refractivity contribution in [1.82, 2.24) is 15.5 Å². The van der Waals surface area contributed by atoms with Crippen LogP contribution in [0, 0.1) is 33.5 Å². The normalized spacial score (nSPS) is 36.9. The van der Waals surface area contributed by atoms with E-state index in [0.29, 0.717) is 67.6 Å². The number of nitrogens with zero attached hydrogens (tertiary/aromatic N) is 1. The molecule has 2 aromatic carbocycles. The van der Waals surface area contributed by atoms with Crippen LogP contribution in [0.1, 0.15) is 170 Å². The molecule has 640 valence electrons. The van der Waals surface area contributed by atoms with Gasteiger partial charge in [0, 0.05) is 68.0 Å². The highest BCUT2D eigenvalue weighted by molar-refractivity contribution is 5.90. The number of carbonyl (C=O) groups excluding carboxylic acids is 8. The summed E-state index contributed by atoms with van der Waals surface area (Å²) in [6.07, 6.45) is -16.4. The molecule has 2 aromatic rings. The fourth-order valence-corrected chi connectivity index (χ4v) is 20.5. The van der Waals surface area contributed by atoms with Gasteiger partial charge in [0.2, 0.25) is 0 Å². The second-order valence-electron chi connectivity index (χ2n) is 36.5. The number of hydrogen-bond acceptors (Lipinski definition) is 28. The Bertz CT molecular complexity index is 4150. The van der Waals surface area contributed by atoms with Crippen LogP contribution in [0.25, 0.3) is 0 Å². The number of likely N-dealkylation sites (tertiary alicyclic amines) is 1. The fourth-order valence-electron chi connectivity index (χ4n) is 20.5. The molecule has 11 aliphatic rings. The lowest BCUT2D eigenvalue weighted by Gasteiger charge is -2.68. The average molecular weight is 1630 g/mol. The van der Waals surface area contributed by atoms with Crippen molar-refractivity contribution in [3.8, 4) is 0 Å². The number of hydrogen-bond donors (Lipinski definition) is 7. The SMILES string of the molecule is C=C[C@@H]1O[C@@H]2C3=C(C)[C@@H](OC(=O)[C@H](O)[C@H](CF)NC(=O)OC(C)(C)C)C[C@@](O)([C@@H](OC(=O)c4ccccc4)[C@H]4[C@@](C)(CC[C@H]5OC[C@]54OC(C)=O)[C@@H]2O1)C3(C)C.CC(=O)O[C@@]12CO[C@@H]1CC[C@@]1(C)[C@@H]3O[C@H](CN4CC(O)C4)O[C@@H]3C3=C(C)[C@@H](OC(=O)[C@H](O)[C@H](CF)NC(=O)OC(C)(C)C)C[C@@](O)([C@@H](OC(=O)c4ccccc4)[C@@H]12)C3(C)C. The van der Waals surface area contributed by atoms with Gasteiger partial charge in [0.05, 0.1) is 66.6 Å². The van der Waals surface area contributed by atoms with Gasteiger partial charge in [-0.15, -0.1) is 0 Å².